The molecule has 5 nitrogen and oxygen atoms in total. The molecule has 0 fully saturated rings. The highest BCUT2D eigenvalue weighted by molar-refractivity contribution is 7.98. The molecule has 0 saturated carbocycles. The van der Waals surface area contributed by atoms with E-state index in [1.807, 2.05) is 29.9 Å². The summed E-state index contributed by atoms with van der Waals surface area (Å²) < 4.78 is 12.9. The Morgan fingerprint density at radius 3 is 3.16 bits per heavy atom. The highest BCUT2D eigenvalue weighted by Gasteiger charge is 2.16. The second kappa shape index (κ2) is 5.14. The van der Waals surface area contributed by atoms with E-state index in [1.54, 1.807) is 18.0 Å². The molecule has 100 valence electrons. The maximum atomic E-state index is 5.92. The summed E-state index contributed by atoms with van der Waals surface area (Å²) in [5.41, 5.74) is 8.76. The van der Waals surface area contributed by atoms with Gasteiger partial charge in [-0.2, -0.15) is 0 Å². The van der Waals surface area contributed by atoms with Crippen molar-refractivity contribution in [2.45, 2.75) is 17.5 Å². The number of ether oxygens (including phenoxy) is 2. The molecule has 1 aromatic carbocycles. The van der Waals surface area contributed by atoms with Gasteiger partial charge in [0, 0.05) is 42.0 Å². The topological polar surface area (TPSA) is 62.3 Å². The Morgan fingerprint density at radius 1 is 1.47 bits per heavy atom. The minimum atomic E-state index is 0.303. The molecular formula is C13H15N3O2S. The van der Waals surface area contributed by atoms with Crippen molar-refractivity contribution in [2.24, 2.45) is 7.05 Å². The molecule has 3 rings (SSSR count). The fourth-order valence-corrected chi connectivity index (χ4v) is 2.97. The smallest absolute Gasteiger partial charge is 0.189 e. The molecule has 1 aliphatic rings. The Hall–Kier alpha value is -1.66. The molecule has 6 heteroatoms. The molecule has 0 saturated heterocycles. The second-order valence-electron chi connectivity index (χ2n) is 4.39. The first-order chi connectivity index (χ1) is 9.24. The normalized spacial score (nSPS) is 13.9. The van der Waals surface area contributed by atoms with Crippen LogP contribution < -0.4 is 10.5 Å². The second-order valence-corrected chi connectivity index (χ2v) is 5.33. The Balaban J connectivity index is 1.84. The number of thioether (sulfide) groups is 1. The molecule has 19 heavy (non-hydrogen) atoms. The van der Waals surface area contributed by atoms with E-state index in [0.29, 0.717) is 13.4 Å². The van der Waals surface area contributed by atoms with Gasteiger partial charge in [-0.25, -0.2) is 4.98 Å². The zero-order valence-corrected chi connectivity index (χ0v) is 11.4. The van der Waals surface area contributed by atoms with E-state index < -0.39 is 0 Å². The molecule has 1 aliphatic heterocycles. The lowest BCUT2D eigenvalue weighted by molar-refractivity contribution is -0.0168. The fourth-order valence-electron chi connectivity index (χ4n) is 2.07. The van der Waals surface area contributed by atoms with Crippen LogP contribution in [-0.4, -0.2) is 16.3 Å². The summed E-state index contributed by atoms with van der Waals surface area (Å²) in [5, 5.41) is 0.975. The van der Waals surface area contributed by atoms with E-state index >= 15 is 0 Å². The summed E-state index contributed by atoms with van der Waals surface area (Å²) in [6.45, 7) is 0.859. The van der Waals surface area contributed by atoms with Crippen molar-refractivity contribution in [3.05, 3.63) is 35.7 Å². The Labute approximate surface area is 115 Å². The lowest BCUT2D eigenvalue weighted by Crippen LogP contribution is -2.13. The van der Waals surface area contributed by atoms with Crippen LogP contribution in [0, 0.1) is 0 Å². The average Bonchev–Trinajstić information content (AvgIpc) is 2.81. The third-order valence-electron chi connectivity index (χ3n) is 2.94. The van der Waals surface area contributed by atoms with Gasteiger partial charge in [0.05, 0.1) is 6.61 Å². The molecule has 0 atom stereocenters. The summed E-state index contributed by atoms with van der Waals surface area (Å²) >= 11 is 1.66. The first-order valence-corrected chi connectivity index (χ1v) is 6.94. The van der Waals surface area contributed by atoms with E-state index in [1.165, 1.54) is 0 Å². The van der Waals surface area contributed by atoms with E-state index in [2.05, 4.69) is 4.98 Å². The minimum Gasteiger partial charge on any atom is -0.467 e. The summed E-state index contributed by atoms with van der Waals surface area (Å²) in [4.78, 5) is 4.29. The molecule has 0 unspecified atom stereocenters. The largest absolute Gasteiger partial charge is 0.467 e. The Kier molecular flexibility index (Phi) is 3.35. The van der Waals surface area contributed by atoms with Gasteiger partial charge >= 0.3 is 0 Å². The van der Waals surface area contributed by atoms with E-state index in [-0.39, 0.29) is 0 Å². The molecule has 0 aliphatic carbocycles. The van der Waals surface area contributed by atoms with Crippen LogP contribution in [0.15, 0.2) is 29.7 Å². The third-order valence-corrected chi connectivity index (χ3v) is 4.05. The summed E-state index contributed by atoms with van der Waals surface area (Å²) in [6, 6.07) is 3.86. The number of aryl methyl sites for hydroxylation is 1. The quantitative estimate of drug-likeness (QED) is 0.688. The number of fused-ring (bicyclic) bond motifs is 1. The number of hydrogen-bond acceptors (Lipinski definition) is 5. The van der Waals surface area contributed by atoms with Crippen molar-refractivity contribution in [1.82, 2.24) is 9.55 Å². The predicted molar refractivity (Wildman–Crippen MR) is 73.9 cm³/mol. The molecule has 2 aromatic rings. The zero-order chi connectivity index (χ0) is 13.2. The maximum Gasteiger partial charge on any atom is 0.189 e. The van der Waals surface area contributed by atoms with Crippen molar-refractivity contribution in [1.29, 1.82) is 0 Å². The number of hydrogen-bond donors (Lipinski definition) is 1. The van der Waals surface area contributed by atoms with E-state index in [4.69, 9.17) is 15.2 Å². The van der Waals surface area contributed by atoms with Gasteiger partial charge in [-0.05, 0) is 12.1 Å². The van der Waals surface area contributed by atoms with Crippen LogP contribution in [-0.2, 0) is 24.1 Å². The minimum absolute atomic E-state index is 0.303. The number of nitrogen functional groups attached to an aromatic ring is 1. The van der Waals surface area contributed by atoms with Crippen molar-refractivity contribution in [3.8, 4) is 5.75 Å². The number of imidazole rings is 1. The summed E-state index contributed by atoms with van der Waals surface area (Å²) in [6.07, 6.45) is 3.73. The van der Waals surface area contributed by atoms with Crippen LogP contribution in [0.1, 0.15) is 11.1 Å². The fraction of sp³-hybridized carbons (Fsp3) is 0.308. The lowest BCUT2D eigenvalue weighted by atomic mass is 10.1. The molecule has 2 heterocycles. The van der Waals surface area contributed by atoms with Crippen molar-refractivity contribution in [3.63, 3.8) is 0 Å². The van der Waals surface area contributed by atoms with E-state index in [9.17, 15) is 0 Å². The summed E-state index contributed by atoms with van der Waals surface area (Å²) in [5.74, 6) is 1.68. The van der Waals surface area contributed by atoms with Gasteiger partial charge in [-0.1, -0.05) is 11.8 Å². The van der Waals surface area contributed by atoms with Crippen LogP contribution >= 0.6 is 11.8 Å². The molecule has 0 radical (unpaired) electrons. The first kappa shape index (κ1) is 12.4. The van der Waals surface area contributed by atoms with Gasteiger partial charge in [0.1, 0.15) is 5.75 Å². The number of rotatable bonds is 3. The molecule has 0 bridgehead atoms. The molecular weight excluding hydrogens is 262 g/mol. The predicted octanol–water partition coefficient (Wildman–Crippen LogP) is 2.16. The molecule has 1 aromatic heterocycles. The molecule has 0 amide bonds. The highest BCUT2D eigenvalue weighted by Crippen LogP contribution is 2.34. The van der Waals surface area contributed by atoms with Crippen molar-refractivity contribution >= 4 is 17.4 Å². The van der Waals surface area contributed by atoms with Crippen LogP contribution in [0.4, 0.5) is 5.69 Å². The third kappa shape index (κ3) is 2.54. The van der Waals surface area contributed by atoms with E-state index in [0.717, 1.165) is 33.5 Å². The van der Waals surface area contributed by atoms with Gasteiger partial charge in [0.15, 0.2) is 11.9 Å². The average molecular weight is 277 g/mol. The van der Waals surface area contributed by atoms with Crippen LogP contribution in [0.25, 0.3) is 0 Å². The zero-order valence-electron chi connectivity index (χ0n) is 10.6. The summed E-state index contributed by atoms with van der Waals surface area (Å²) in [7, 11) is 1.98. The Morgan fingerprint density at radius 2 is 2.37 bits per heavy atom. The van der Waals surface area contributed by atoms with Gasteiger partial charge in [0.2, 0.25) is 0 Å². The van der Waals surface area contributed by atoms with Crippen LogP contribution in [0.5, 0.6) is 5.75 Å². The van der Waals surface area contributed by atoms with Crippen LogP contribution in [0.2, 0.25) is 0 Å². The van der Waals surface area contributed by atoms with Gasteiger partial charge in [-0.15, -0.1) is 0 Å². The molecule has 2 N–H and O–H groups in total. The monoisotopic (exact) mass is 277 g/mol. The number of benzene rings is 1. The van der Waals surface area contributed by atoms with Gasteiger partial charge < -0.3 is 19.8 Å². The molecule has 0 spiro atoms. The Bertz CT molecular complexity index is 598. The standard InChI is InChI=1S/C13H15N3O2S/c1-16-3-2-15-13(16)19-7-10-5-11(14)4-9-6-17-8-18-12(9)10/h2-5H,6-8,14H2,1H3. The van der Waals surface area contributed by atoms with Gasteiger partial charge in [0.25, 0.3) is 0 Å². The highest BCUT2D eigenvalue weighted by atomic mass is 32.2. The number of nitrogens with two attached hydrogens (primary N) is 1. The van der Waals surface area contributed by atoms with Crippen LogP contribution in [0.3, 0.4) is 0 Å². The van der Waals surface area contributed by atoms with Gasteiger partial charge in [-0.3, -0.25) is 0 Å². The van der Waals surface area contributed by atoms with Crippen molar-refractivity contribution in [2.75, 3.05) is 12.5 Å². The number of anilines is 1. The first-order valence-electron chi connectivity index (χ1n) is 5.96. The lowest BCUT2D eigenvalue weighted by Gasteiger charge is -2.21. The number of aromatic nitrogens is 2. The van der Waals surface area contributed by atoms with Crippen molar-refractivity contribution < 1.29 is 9.47 Å². The number of nitrogens with zero attached hydrogens (tertiary/aromatic N) is 2. The SMILES string of the molecule is Cn1ccnc1SCc1cc(N)cc2c1OCOC2. The maximum absolute atomic E-state index is 5.92.